The summed E-state index contributed by atoms with van der Waals surface area (Å²) in [6, 6.07) is 4.84. The molecule has 1 aromatic rings. The van der Waals surface area contributed by atoms with Gasteiger partial charge in [0, 0.05) is 11.1 Å². The maximum Gasteiger partial charge on any atom is 0.170 e. The molecule has 0 N–H and O–H groups in total. The Hall–Kier alpha value is -1.90. The molecule has 1 aromatic carbocycles. The fourth-order valence-corrected chi connectivity index (χ4v) is 2.32. The fourth-order valence-electron chi connectivity index (χ4n) is 2.32. The normalized spacial score (nSPS) is 17.8. The number of hydrogen-bond acceptors (Lipinski definition) is 2. The van der Waals surface area contributed by atoms with E-state index in [1.54, 1.807) is 6.07 Å². The zero-order chi connectivity index (χ0) is 11.8. The molecule has 3 heteroatoms. The Balaban J connectivity index is 2.19. The summed E-state index contributed by atoms with van der Waals surface area (Å²) in [6.45, 7) is 0. The number of rotatable bonds is 1. The smallest absolute Gasteiger partial charge is 0.170 e. The summed E-state index contributed by atoms with van der Waals surface area (Å²) < 4.78 is 19.2. The molecule has 1 aliphatic heterocycles. The van der Waals surface area contributed by atoms with Crippen molar-refractivity contribution in [1.82, 2.24) is 0 Å². The molecule has 0 atom stereocenters. The van der Waals surface area contributed by atoms with E-state index in [1.807, 2.05) is 12.1 Å². The monoisotopic (exact) mass is 230 g/mol. The van der Waals surface area contributed by atoms with Gasteiger partial charge in [0.05, 0.1) is 0 Å². The number of hydrogen-bond donors (Lipinski definition) is 0. The maximum absolute atomic E-state index is 13.6. The molecule has 0 saturated carbocycles. The Bertz CT molecular complexity index is 555. The van der Waals surface area contributed by atoms with Gasteiger partial charge in [-0.15, -0.1) is 0 Å². The molecule has 0 aromatic heterocycles. The van der Waals surface area contributed by atoms with Crippen LogP contribution >= 0.6 is 0 Å². The van der Waals surface area contributed by atoms with Crippen molar-refractivity contribution in [3.63, 3.8) is 0 Å². The fraction of sp³-hybridized carbons (Fsp3) is 0.214. The number of carbonyl (C=O) groups excluding carboxylic acids is 1. The highest BCUT2D eigenvalue weighted by Gasteiger charge is 2.25. The van der Waals surface area contributed by atoms with Crippen LogP contribution in [-0.4, -0.2) is 6.29 Å². The van der Waals surface area contributed by atoms with Crippen LogP contribution < -0.4 is 4.74 Å². The Morgan fingerprint density at radius 2 is 2.18 bits per heavy atom. The Morgan fingerprint density at radius 1 is 1.29 bits per heavy atom. The van der Waals surface area contributed by atoms with E-state index in [4.69, 9.17) is 4.74 Å². The highest BCUT2D eigenvalue weighted by atomic mass is 19.1. The number of carbonyl (C=O) groups is 1. The Kier molecular flexibility index (Phi) is 2.32. The van der Waals surface area contributed by atoms with Gasteiger partial charge in [-0.05, 0) is 37.0 Å². The van der Waals surface area contributed by atoms with Crippen LogP contribution in [0.1, 0.15) is 24.8 Å². The van der Waals surface area contributed by atoms with E-state index in [-0.39, 0.29) is 11.6 Å². The molecule has 0 radical (unpaired) electrons. The maximum atomic E-state index is 13.6. The average molecular weight is 230 g/mol. The third-order valence-electron chi connectivity index (χ3n) is 3.15. The third kappa shape index (κ3) is 1.58. The minimum atomic E-state index is -0.388. The molecule has 17 heavy (non-hydrogen) atoms. The van der Waals surface area contributed by atoms with Crippen LogP contribution in [-0.2, 0) is 4.79 Å². The second kappa shape index (κ2) is 3.84. The first-order valence-corrected chi connectivity index (χ1v) is 5.65. The lowest BCUT2D eigenvalue weighted by Gasteiger charge is -2.25. The lowest BCUT2D eigenvalue weighted by molar-refractivity contribution is -0.105. The van der Waals surface area contributed by atoms with Gasteiger partial charge in [0.2, 0.25) is 0 Å². The van der Waals surface area contributed by atoms with E-state index in [1.165, 1.54) is 6.07 Å². The average Bonchev–Trinajstić information content (AvgIpc) is 2.36. The van der Waals surface area contributed by atoms with Crippen LogP contribution in [0.2, 0.25) is 0 Å². The van der Waals surface area contributed by atoms with Gasteiger partial charge in [0.25, 0.3) is 0 Å². The lowest BCUT2D eigenvalue weighted by atomic mass is 9.91. The minimum absolute atomic E-state index is 0.229. The zero-order valence-electron chi connectivity index (χ0n) is 9.20. The lowest BCUT2D eigenvalue weighted by Crippen LogP contribution is -2.14. The third-order valence-corrected chi connectivity index (χ3v) is 3.15. The van der Waals surface area contributed by atoms with E-state index >= 15 is 0 Å². The molecule has 0 amide bonds. The molecule has 0 unspecified atom stereocenters. The molecule has 0 fully saturated rings. The first kappa shape index (κ1) is 10.3. The molecular weight excluding hydrogens is 219 g/mol. The standard InChI is InChI=1S/C14H11FO2/c15-12-6-2-4-10-7-9-3-1-5-11(8-16)13(9)17-14(10)12/h2,4,6-8H,1,3,5H2. The predicted molar refractivity (Wildman–Crippen MR) is 61.9 cm³/mol. The first-order chi connectivity index (χ1) is 8.29. The predicted octanol–water partition coefficient (Wildman–Crippen LogP) is 3.24. The number of halogens is 1. The van der Waals surface area contributed by atoms with Gasteiger partial charge in [0.15, 0.2) is 11.6 Å². The summed E-state index contributed by atoms with van der Waals surface area (Å²) in [5, 5.41) is 0. The van der Waals surface area contributed by atoms with Gasteiger partial charge in [-0.3, -0.25) is 4.79 Å². The van der Waals surface area contributed by atoms with E-state index in [2.05, 4.69) is 0 Å². The van der Waals surface area contributed by atoms with Crippen molar-refractivity contribution in [3.05, 3.63) is 46.5 Å². The number of ether oxygens (including phenoxy) is 1. The van der Waals surface area contributed by atoms with Crippen LogP contribution in [0.5, 0.6) is 5.75 Å². The SMILES string of the molecule is O=CC1=C2Oc3c(F)cccc3C=C2CCC1. The molecule has 2 nitrogen and oxygen atoms in total. The van der Waals surface area contributed by atoms with E-state index < -0.39 is 0 Å². The minimum Gasteiger partial charge on any atom is -0.453 e. The molecular formula is C14H11FO2. The van der Waals surface area contributed by atoms with Gasteiger partial charge in [-0.1, -0.05) is 12.1 Å². The van der Waals surface area contributed by atoms with Gasteiger partial charge >= 0.3 is 0 Å². The molecule has 1 aliphatic carbocycles. The van der Waals surface area contributed by atoms with Crippen LogP contribution in [0.25, 0.3) is 6.08 Å². The number of para-hydroxylation sites is 1. The van der Waals surface area contributed by atoms with Gasteiger partial charge in [0.1, 0.15) is 12.0 Å². The number of aldehydes is 1. The van der Waals surface area contributed by atoms with Gasteiger partial charge < -0.3 is 4.74 Å². The summed E-state index contributed by atoms with van der Waals surface area (Å²) >= 11 is 0. The molecule has 0 bridgehead atoms. The van der Waals surface area contributed by atoms with Crippen molar-refractivity contribution in [2.24, 2.45) is 0 Å². The number of allylic oxidation sites excluding steroid dienone is 2. The quantitative estimate of drug-likeness (QED) is 0.692. The number of benzene rings is 1. The van der Waals surface area contributed by atoms with Crippen molar-refractivity contribution < 1.29 is 13.9 Å². The summed E-state index contributed by atoms with van der Waals surface area (Å²) in [5.41, 5.74) is 2.38. The molecule has 3 rings (SSSR count). The van der Waals surface area contributed by atoms with E-state index in [0.717, 1.165) is 30.3 Å². The van der Waals surface area contributed by atoms with Gasteiger partial charge in [-0.25, -0.2) is 4.39 Å². The highest BCUT2D eigenvalue weighted by molar-refractivity contribution is 5.79. The van der Waals surface area contributed by atoms with Crippen LogP contribution in [0.3, 0.4) is 0 Å². The largest absolute Gasteiger partial charge is 0.453 e. The van der Waals surface area contributed by atoms with Crippen LogP contribution in [0, 0.1) is 5.82 Å². The molecule has 0 spiro atoms. The molecule has 0 saturated heterocycles. The second-order valence-electron chi connectivity index (χ2n) is 4.26. The van der Waals surface area contributed by atoms with Crippen molar-refractivity contribution in [2.45, 2.75) is 19.3 Å². The topological polar surface area (TPSA) is 26.3 Å². The summed E-state index contributed by atoms with van der Waals surface area (Å²) in [6.07, 6.45) is 5.26. The van der Waals surface area contributed by atoms with E-state index in [0.29, 0.717) is 17.8 Å². The number of fused-ring (bicyclic) bond motifs is 2. The first-order valence-electron chi connectivity index (χ1n) is 5.65. The van der Waals surface area contributed by atoms with Gasteiger partial charge in [-0.2, -0.15) is 0 Å². The molecule has 2 aliphatic rings. The van der Waals surface area contributed by atoms with Crippen molar-refractivity contribution >= 4 is 12.4 Å². The van der Waals surface area contributed by atoms with Crippen LogP contribution in [0.4, 0.5) is 4.39 Å². The van der Waals surface area contributed by atoms with Crippen molar-refractivity contribution in [3.8, 4) is 5.75 Å². The summed E-state index contributed by atoms with van der Waals surface area (Å²) in [4.78, 5) is 11.0. The van der Waals surface area contributed by atoms with Crippen molar-refractivity contribution in [1.29, 1.82) is 0 Å². The Morgan fingerprint density at radius 3 is 3.00 bits per heavy atom. The summed E-state index contributed by atoms with van der Waals surface area (Å²) in [7, 11) is 0. The van der Waals surface area contributed by atoms with Crippen molar-refractivity contribution in [2.75, 3.05) is 0 Å². The van der Waals surface area contributed by atoms with Crippen LogP contribution in [0.15, 0.2) is 35.1 Å². The molecule has 1 heterocycles. The highest BCUT2D eigenvalue weighted by Crippen LogP contribution is 2.39. The second-order valence-corrected chi connectivity index (χ2v) is 4.26. The zero-order valence-corrected chi connectivity index (χ0v) is 9.20. The molecule has 86 valence electrons. The van der Waals surface area contributed by atoms with E-state index in [9.17, 15) is 9.18 Å². The summed E-state index contributed by atoms with van der Waals surface area (Å²) in [5.74, 6) is 0.400. The Labute approximate surface area is 98.4 Å².